The number of para-hydroxylation sites is 1. The number of rotatable bonds is 5. The minimum absolute atomic E-state index is 0.0922. The van der Waals surface area contributed by atoms with E-state index < -0.39 is 0 Å². The van der Waals surface area contributed by atoms with E-state index in [1.807, 2.05) is 41.3 Å². The van der Waals surface area contributed by atoms with Crippen LogP contribution in [0.5, 0.6) is 11.5 Å². The van der Waals surface area contributed by atoms with Crippen molar-refractivity contribution in [2.75, 3.05) is 25.6 Å². The number of hydrogen-bond acceptors (Lipinski definition) is 6. The van der Waals surface area contributed by atoms with Crippen LogP contribution < -0.4 is 15.0 Å². The van der Waals surface area contributed by atoms with Crippen molar-refractivity contribution in [2.24, 2.45) is 0 Å². The van der Waals surface area contributed by atoms with E-state index in [0.29, 0.717) is 34.1 Å². The first kappa shape index (κ1) is 19.0. The zero-order valence-electron chi connectivity index (χ0n) is 16.4. The summed E-state index contributed by atoms with van der Waals surface area (Å²) in [7, 11) is 0. The molecule has 0 saturated carbocycles. The molecule has 30 heavy (non-hydrogen) atoms. The summed E-state index contributed by atoms with van der Waals surface area (Å²) in [5.41, 5.74) is 1.43. The Kier molecular flexibility index (Phi) is 5.08. The van der Waals surface area contributed by atoms with Gasteiger partial charge in [-0.15, -0.1) is 0 Å². The summed E-state index contributed by atoms with van der Waals surface area (Å²) in [5.74, 6) is 1.74. The number of hydrogen-bond donors (Lipinski definition) is 0. The Bertz CT molecular complexity index is 1170. The van der Waals surface area contributed by atoms with Crippen LogP contribution >= 0.6 is 11.8 Å². The van der Waals surface area contributed by atoms with Gasteiger partial charge in [0.05, 0.1) is 23.2 Å². The Balaban J connectivity index is 1.48. The minimum atomic E-state index is -0.116. The van der Waals surface area contributed by atoms with Gasteiger partial charge >= 0.3 is 0 Å². The SMILES string of the molecule is O=C(CSc1nc2ccccc2c(=O)n1Cc1ccc2c(c1)OCO2)N1CCCC1. The third-order valence-electron chi connectivity index (χ3n) is 5.39. The number of carbonyl (C=O) groups excluding carboxylic acids is 1. The van der Waals surface area contributed by atoms with Crippen molar-refractivity contribution >= 4 is 28.6 Å². The van der Waals surface area contributed by atoms with E-state index in [1.165, 1.54) is 11.8 Å². The van der Waals surface area contributed by atoms with E-state index in [4.69, 9.17) is 14.5 Å². The molecule has 1 aromatic heterocycles. The van der Waals surface area contributed by atoms with Crippen LogP contribution in [0, 0.1) is 0 Å². The lowest BCUT2D eigenvalue weighted by molar-refractivity contribution is -0.127. The van der Waals surface area contributed by atoms with Crippen molar-refractivity contribution in [3.05, 3.63) is 58.4 Å². The van der Waals surface area contributed by atoms with E-state index in [0.717, 1.165) is 31.5 Å². The second-order valence-corrected chi connectivity index (χ2v) is 8.31. The molecule has 0 spiro atoms. The number of ether oxygens (including phenoxy) is 2. The summed E-state index contributed by atoms with van der Waals surface area (Å²) in [5, 5.41) is 1.11. The molecule has 8 heteroatoms. The zero-order valence-corrected chi connectivity index (χ0v) is 17.2. The van der Waals surface area contributed by atoms with E-state index in [9.17, 15) is 9.59 Å². The third-order valence-corrected chi connectivity index (χ3v) is 6.35. The van der Waals surface area contributed by atoms with Crippen molar-refractivity contribution in [3.63, 3.8) is 0 Å². The summed E-state index contributed by atoms with van der Waals surface area (Å²) in [6, 6.07) is 13.0. The highest BCUT2D eigenvalue weighted by molar-refractivity contribution is 7.99. The van der Waals surface area contributed by atoms with Crippen molar-refractivity contribution < 1.29 is 14.3 Å². The summed E-state index contributed by atoms with van der Waals surface area (Å²) in [4.78, 5) is 32.4. The lowest BCUT2D eigenvalue weighted by atomic mass is 10.2. The topological polar surface area (TPSA) is 73.7 Å². The molecule has 0 radical (unpaired) electrons. The van der Waals surface area contributed by atoms with Crippen molar-refractivity contribution in [2.45, 2.75) is 24.5 Å². The Labute approximate surface area is 177 Å². The highest BCUT2D eigenvalue weighted by Gasteiger charge is 2.20. The molecule has 5 rings (SSSR count). The maximum absolute atomic E-state index is 13.2. The number of amides is 1. The predicted octanol–water partition coefficient (Wildman–Crippen LogP) is 2.89. The van der Waals surface area contributed by atoms with E-state index in [2.05, 4.69) is 0 Å². The summed E-state index contributed by atoms with van der Waals surface area (Å²) < 4.78 is 12.5. The van der Waals surface area contributed by atoms with Gasteiger partial charge in [0.2, 0.25) is 12.7 Å². The van der Waals surface area contributed by atoms with Crippen LogP contribution in [0.15, 0.2) is 52.4 Å². The number of thioether (sulfide) groups is 1. The predicted molar refractivity (Wildman–Crippen MR) is 114 cm³/mol. The fraction of sp³-hybridized carbons (Fsp3) is 0.318. The number of aromatic nitrogens is 2. The Morgan fingerprint density at radius 1 is 1.07 bits per heavy atom. The quantitative estimate of drug-likeness (QED) is 0.464. The molecule has 2 aliphatic heterocycles. The normalized spacial score (nSPS) is 15.1. The van der Waals surface area contributed by atoms with Crippen LogP contribution in [0.25, 0.3) is 10.9 Å². The fourth-order valence-corrected chi connectivity index (χ4v) is 4.70. The molecular weight excluding hydrogens is 402 g/mol. The molecule has 3 aromatic rings. The van der Waals surface area contributed by atoms with Crippen LogP contribution in [-0.4, -0.2) is 46.0 Å². The molecular formula is C22H21N3O4S. The van der Waals surface area contributed by atoms with Gasteiger partial charge in [-0.3, -0.25) is 14.2 Å². The van der Waals surface area contributed by atoms with E-state index >= 15 is 0 Å². The number of fused-ring (bicyclic) bond motifs is 2. The first-order chi connectivity index (χ1) is 14.7. The van der Waals surface area contributed by atoms with Gasteiger partial charge < -0.3 is 14.4 Å². The van der Waals surface area contributed by atoms with Gasteiger partial charge in [0, 0.05) is 13.1 Å². The van der Waals surface area contributed by atoms with Gasteiger partial charge in [0.15, 0.2) is 16.7 Å². The van der Waals surface area contributed by atoms with Crippen LogP contribution in [-0.2, 0) is 11.3 Å². The first-order valence-corrected chi connectivity index (χ1v) is 11.0. The Hall–Kier alpha value is -3.00. The highest BCUT2D eigenvalue weighted by Crippen LogP contribution is 2.33. The monoisotopic (exact) mass is 423 g/mol. The molecule has 0 N–H and O–H groups in total. The van der Waals surface area contributed by atoms with Gasteiger partial charge in [0.25, 0.3) is 5.56 Å². The van der Waals surface area contributed by atoms with Gasteiger partial charge in [-0.1, -0.05) is 30.0 Å². The van der Waals surface area contributed by atoms with Crippen LogP contribution in [0.2, 0.25) is 0 Å². The average Bonchev–Trinajstić information content (AvgIpc) is 3.46. The molecule has 2 aromatic carbocycles. The number of carbonyl (C=O) groups is 1. The molecule has 0 unspecified atom stereocenters. The van der Waals surface area contributed by atoms with Gasteiger partial charge in [0.1, 0.15) is 0 Å². The summed E-state index contributed by atoms with van der Waals surface area (Å²) in [6.07, 6.45) is 2.11. The standard InChI is InChI=1S/C22H21N3O4S/c26-20(24-9-3-4-10-24)13-30-22-23-17-6-2-1-5-16(17)21(27)25(22)12-15-7-8-18-19(11-15)29-14-28-18/h1-2,5-8,11H,3-4,9-10,12-14H2. The second-order valence-electron chi connectivity index (χ2n) is 7.37. The minimum Gasteiger partial charge on any atom is -0.454 e. The van der Waals surface area contributed by atoms with Crippen LogP contribution in [0.4, 0.5) is 0 Å². The smallest absolute Gasteiger partial charge is 0.262 e. The molecule has 1 fully saturated rings. The largest absolute Gasteiger partial charge is 0.454 e. The molecule has 7 nitrogen and oxygen atoms in total. The van der Waals surface area contributed by atoms with Gasteiger partial charge in [-0.05, 0) is 42.7 Å². The Morgan fingerprint density at radius 2 is 1.87 bits per heavy atom. The lowest BCUT2D eigenvalue weighted by Gasteiger charge is -2.16. The average molecular weight is 423 g/mol. The lowest BCUT2D eigenvalue weighted by Crippen LogP contribution is -2.30. The highest BCUT2D eigenvalue weighted by atomic mass is 32.2. The summed E-state index contributed by atoms with van der Waals surface area (Å²) in [6.45, 7) is 2.17. The number of likely N-dealkylation sites (tertiary alicyclic amines) is 1. The van der Waals surface area contributed by atoms with Gasteiger partial charge in [-0.25, -0.2) is 4.98 Å². The first-order valence-electron chi connectivity index (χ1n) is 9.98. The maximum Gasteiger partial charge on any atom is 0.262 e. The molecule has 154 valence electrons. The molecule has 0 bridgehead atoms. The van der Waals surface area contributed by atoms with Crippen LogP contribution in [0.1, 0.15) is 18.4 Å². The number of benzene rings is 2. The van der Waals surface area contributed by atoms with Crippen molar-refractivity contribution in [1.29, 1.82) is 0 Å². The molecule has 1 saturated heterocycles. The van der Waals surface area contributed by atoms with Crippen LogP contribution in [0.3, 0.4) is 0 Å². The molecule has 2 aliphatic rings. The zero-order chi connectivity index (χ0) is 20.5. The van der Waals surface area contributed by atoms with E-state index in [1.54, 1.807) is 10.6 Å². The van der Waals surface area contributed by atoms with Crippen molar-refractivity contribution in [1.82, 2.24) is 14.5 Å². The van der Waals surface area contributed by atoms with E-state index in [-0.39, 0.29) is 24.0 Å². The molecule has 1 amide bonds. The Morgan fingerprint density at radius 3 is 2.73 bits per heavy atom. The number of nitrogens with zero attached hydrogens (tertiary/aromatic N) is 3. The second kappa shape index (κ2) is 8.02. The molecule has 0 atom stereocenters. The van der Waals surface area contributed by atoms with Gasteiger partial charge in [-0.2, -0.15) is 0 Å². The van der Waals surface area contributed by atoms with Crippen molar-refractivity contribution in [3.8, 4) is 11.5 Å². The maximum atomic E-state index is 13.2. The molecule has 3 heterocycles. The fourth-order valence-electron chi connectivity index (χ4n) is 3.80. The third kappa shape index (κ3) is 3.63. The molecule has 0 aliphatic carbocycles. The summed E-state index contributed by atoms with van der Waals surface area (Å²) >= 11 is 1.32.